The van der Waals surface area contributed by atoms with E-state index in [0.29, 0.717) is 12.2 Å². The SMILES string of the molecule is CCCNS(=O)(=O)c1cc(N)ccc1OC. The molecule has 5 nitrogen and oxygen atoms in total. The second-order valence-electron chi connectivity index (χ2n) is 3.31. The first kappa shape index (κ1) is 12.8. The summed E-state index contributed by atoms with van der Waals surface area (Å²) in [4.78, 5) is 0.0726. The second kappa shape index (κ2) is 5.18. The Bertz CT molecular complexity index is 457. The number of anilines is 1. The van der Waals surface area contributed by atoms with E-state index in [0.717, 1.165) is 6.42 Å². The number of sulfonamides is 1. The van der Waals surface area contributed by atoms with Crippen molar-refractivity contribution in [3.8, 4) is 5.75 Å². The van der Waals surface area contributed by atoms with E-state index in [1.54, 1.807) is 6.07 Å². The van der Waals surface area contributed by atoms with Crippen molar-refractivity contribution >= 4 is 15.7 Å². The molecule has 90 valence electrons. The molecule has 1 aromatic carbocycles. The largest absolute Gasteiger partial charge is 0.495 e. The van der Waals surface area contributed by atoms with Gasteiger partial charge in [-0.15, -0.1) is 0 Å². The normalized spacial score (nSPS) is 11.4. The van der Waals surface area contributed by atoms with Crippen LogP contribution in [0.25, 0.3) is 0 Å². The zero-order valence-electron chi connectivity index (χ0n) is 9.36. The van der Waals surface area contributed by atoms with Crippen LogP contribution in [-0.2, 0) is 10.0 Å². The number of benzene rings is 1. The molecule has 0 saturated heterocycles. The summed E-state index contributed by atoms with van der Waals surface area (Å²) in [5.41, 5.74) is 5.95. The first-order chi connectivity index (χ1) is 7.51. The van der Waals surface area contributed by atoms with Crippen molar-refractivity contribution in [3.05, 3.63) is 18.2 Å². The summed E-state index contributed by atoms with van der Waals surface area (Å²) in [7, 11) is -2.12. The summed E-state index contributed by atoms with van der Waals surface area (Å²) < 4.78 is 31.2. The highest BCUT2D eigenvalue weighted by Gasteiger charge is 2.18. The smallest absolute Gasteiger partial charge is 0.244 e. The highest BCUT2D eigenvalue weighted by atomic mass is 32.2. The minimum absolute atomic E-state index is 0.0726. The third kappa shape index (κ3) is 2.86. The summed E-state index contributed by atoms with van der Waals surface area (Å²) in [6.07, 6.45) is 0.726. The summed E-state index contributed by atoms with van der Waals surface area (Å²) in [6, 6.07) is 4.52. The number of nitrogen functional groups attached to an aromatic ring is 1. The Morgan fingerprint density at radius 1 is 1.44 bits per heavy atom. The molecule has 0 aliphatic heterocycles. The van der Waals surface area contributed by atoms with Gasteiger partial charge in [0, 0.05) is 12.2 Å². The third-order valence-electron chi connectivity index (χ3n) is 2.02. The average Bonchev–Trinajstić information content (AvgIpc) is 2.26. The fourth-order valence-corrected chi connectivity index (χ4v) is 2.55. The van der Waals surface area contributed by atoms with Crippen molar-refractivity contribution in [1.29, 1.82) is 0 Å². The van der Waals surface area contributed by atoms with Crippen molar-refractivity contribution in [1.82, 2.24) is 4.72 Å². The van der Waals surface area contributed by atoms with Crippen molar-refractivity contribution in [2.24, 2.45) is 0 Å². The van der Waals surface area contributed by atoms with Crippen molar-refractivity contribution in [2.75, 3.05) is 19.4 Å². The van der Waals surface area contributed by atoms with Crippen LogP contribution < -0.4 is 15.2 Å². The lowest BCUT2D eigenvalue weighted by molar-refractivity contribution is 0.402. The topological polar surface area (TPSA) is 81.4 Å². The lowest BCUT2D eigenvalue weighted by atomic mass is 10.3. The Kier molecular flexibility index (Phi) is 4.14. The number of rotatable bonds is 5. The summed E-state index contributed by atoms with van der Waals surface area (Å²) in [6.45, 7) is 2.28. The van der Waals surface area contributed by atoms with Crippen LogP contribution in [0.15, 0.2) is 23.1 Å². The molecule has 0 aliphatic carbocycles. The maximum Gasteiger partial charge on any atom is 0.244 e. The molecule has 3 N–H and O–H groups in total. The molecule has 0 aromatic heterocycles. The fraction of sp³-hybridized carbons (Fsp3) is 0.400. The monoisotopic (exact) mass is 244 g/mol. The number of methoxy groups -OCH3 is 1. The zero-order chi connectivity index (χ0) is 12.2. The molecule has 0 fully saturated rings. The predicted molar refractivity (Wildman–Crippen MR) is 62.9 cm³/mol. The Hall–Kier alpha value is -1.27. The molecule has 1 rings (SSSR count). The third-order valence-corrected chi connectivity index (χ3v) is 3.50. The minimum Gasteiger partial charge on any atom is -0.495 e. The molecule has 0 atom stereocenters. The van der Waals surface area contributed by atoms with Gasteiger partial charge in [0.05, 0.1) is 7.11 Å². The fourth-order valence-electron chi connectivity index (χ4n) is 1.22. The number of ether oxygens (including phenoxy) is 1. The van der Waals surface area contributed by atoms with Crippen molar-refractivity contribution in [2.45, 2.75) is 18.2 Å². The van der Waals surface area contributed by atoms with Gasteiger partial charge in [0.1, 0.15) is 10.6 Å². The van der Waals surface area contributed by atoms with Crippen molar-refractivity contribution in [3.63, 3.8) is 0 Å². The molecule has 16 heavy (non-hydrogen) atoms. The summed E-state index contributed by atoms with van der Waals surface area (Å²) in [5.74, 6) is 0.290. The molecule has 0 saturated carbocycles. The van der Waals surface area contributed by atoms with Crippen LogP contribution in [0.3, 0.4) is 0 Å². The molecule has 1 aromatic rings. The molecule has 6 heteroatoms. The lowest BCUT2D eigenvalue weighted by Crippen LogP contribution is -2.25. The van der Waals surface area contributed by atoms with Crippen LogP contribution in [0, 0.1) is 0 Å². The van der Waals surface area contributed by atoms with Crippen LogP contribution in [0.2, 0.25) is 0 Å². The molecule has 0 unspecified atom stereocenters. The Labute approximate surface area is 95.7 Å². The molecule has 0 bridgehead atoms. The number of hydrogen-bond acceptors (Lipinski definition) is 4. The van der Waals surface area contributed by atoms with E-state index in [9.17, 15) is 8.42 Å². The van der Waals surface area contributed by atoms with Crippen LogP contribution in [-0.4, -0.2) is 22.1 Å². The van der Waals surface area contributed by atoms with Gasteiger partial charge in [-0.1, -0.05) is 6.92 Å². The zero-order valence-corrected chi connectivity index (χ0v) is 10.2. The molecule has 0 heterocycles. The van der Waals surface area contributed by atoms with Gasteiger partial charge in [-0.25, -0.2) is 13.1 Å². The molecular weight excluding hydrogens is 228 g/mol. The number of hydrogen-bond donors (Lipinski definition) is 2. The Balaban J connectivity index is 3.15. The highest BCUT2D eigenvalue weighted by Crippen LogP contribution is 2.25. The predicted octanol–water partition coefficient (Wildman–Crippen LogP) is 0.966. The minimum atomic E-state index is -3.54. The summed E-state index contributed by atoms with van der Waals surface area (Å²) >= 11 is 0. The number of nitrogens with one attached hydrogen (secondary N) is 1. The Morgan fingerprint density at radius 3 is 2.69 bits per heavy atom. The standard InChI is InChI=1S/C10H16N2O3S/c1-3-6-12-16(13,14)10-7-8(11)4-5-9(10)15-2/h4-5,7,12H,3,6,11H2,1-2H3. The maximum absolute atomic E-state index is 11.9. The van der Waals surface area contributed by atoms with Crippen LogP contribution in [0.1, 0.15) is 13.3 Å². The van der Waals surface area contributed by atoms with Gasteiger partial charge in [0.15, 0.2) is 0 Å². The van der Waals surface area contributed by atoms with E-state index in [-0.39, 0.29) is 10.6 Å². The summed E-state index contributed by atoms with van der Waals surface area (Å²) in [5, 5.41) is 0. The van der Waals surface area contributed by atoms with E-state index in [1.165, 1.54) is 19.2 Å². The first-order valence-corrected chi connectivity index (χ1v) is 6.42. The van der Waals surface area contributed by atoms with E-state index in [2.05, 4.69) is 4.72 Å². The number of nitrogens with two attached hydrogens (primary N) is 1. The van der Waals surface area contributed by atoms with Gasteiger partial charge in [-0.05, 0) is 24.6 Å². The van der Waals surface area contributed by atoms with E-state index in [4.69, 9.17) is 10.5 Å². The molecular formula is C10H16N2O3S. The van der Waals surface area contributed by atoms with E-state index in [1.807, 2.05) is 6.92 Å². The van der Waals surface area contributed by atoms with E-state index < -0.39 is 10.0 Å². The van der Waals surface area contributed by atoms with Gasteiger partial charge >= 0.3 is 0 Å². The second-order valence-corrected chi connectivity index (χ2v) is 5.04. The van der Waals surface area contributed by atoms with Crippen LogP contribution >= 0.6 is 0 Å². The molecule has 0 radical (unpaired) electrons. The van der Waals surface area contributed by atoms with Gasteiger partial charge in [0.25, 0.3) is 0 Å². The van der Waals surface area contributed by atoms with Crippen molar-refractivity contribution < 1.29 is 13.2 Å². The van der Waals surface area contributed by atoms with Crippen LogP contribution in [0.5, 0.6) is 5.75 Å². The van der Waals surface area contributed by atoms with Gasteiger partial charge < -0.3 is 10.5 Å². The molecule has 0 spiro atoms. The average molecular weight is 244 g/mol. The Morgan fingerprint density at radius 2 is 2.12 bits per heavy atom. The van der Waals surface area contributed by atoms with E-state index >= 15 is 0 Å². The van der Waals surface area contributed by atoms with Gasteiger partial charge in [-0.3, -0.25) is 0 Å². The quantitative estimate of drug-likeness (QED) is 0.756. The maximum atomic E-state index is 11.9. The van der Waals surface area contributed by atoms with Gasteiger partial charge in [0.2, 0.25) is 10.0 Å². The lowest BCUT2D eigenvalue weighted by Gasteiger charge is -2.10. The molecule has 0 aliphatic rings. The van der Waals surface area contributed by atoms with Gasteiger partial charge in [-0.2, -0.15) is 0 Å². The first-order valence-electron chi connectivity index (χ1n) is 4.94. The highest BCUT2D eigenvalue weighted by molar-refractivity contribution is 7.89. The van der Waals surface area contributed by atoms with Crippen LogP contribution in [0.4, 0.5) is 5.69 Å². The molecule has 0 amide bonds.